The second-order valence-corrected chi connectivity index (χ2v) is 5.42. The predicted octanol–water partition coefficient (Wildman–Crippen LogP) is 2.47. The molecule has 1 aromatic carbocycles. The second kappa shape index (κ2) is 5.58. The van der Waals surface area contributed by atoms with Crippen LogP contribution in [0.15, 0.2) is 23.1 Å². The molecule has 6 heteroatoms. The average Bonchev–Trinajstić information content (AvgIpc) is 2.38. The molecule has 0 unspecified atom stereocenters. The maximum atomic E-state index is 11.3. The molecule has 96 valence electrons. The van der Waals surface area contributed by atoms with Crippen LogP contribution in [0.1, 0.15) is 6.42 Å². The van der Waals surface area contributed by atoms with Crippen molar-refractivity contribution in [2.75, 3.05) is 19.5 Å². The van der Waals surface area contributed by atoms with Crippen LogP contribution in [0, 0.1) is 0 Å². The molecule has 1 heterocycles. The first-order valence-corrected chi connectivity index (χ1v) is 6.65. The Bertz CT molecular complexity index is 490. The summed E-state index contributed by atoms with van der Waals surface area (Å²) in [5.41, 5.74) is 0.922. The number of hydrogen-bond acceptors (Lipinski definition) is 5. The monoisotopic (exact) mass is 283 g/mol. The lowest BCUT2D eigenvalue weighted by atomic mass is 10.2. The van der Waals surface area contributed by atoms with E-state index >= 15 is 0 Å². The Balaban J connectivity index is 2.18. The Morgan fingerprint density at radius 3 is 2.94 bits per heavy atom. The van der Waals surface area contributed by atoms with Crippen LogP contribution in [0.5, 0.6) is 5.75 Å². The number of nitrogens with one attached hydrogen (secondary N) is 1. The van der Waals surface area contributed by atoms with E-state index in [1.54, 1.807) is 18.9 Å². The Morgan fingerprint density at radius 2 is 2.28 bits per heavy atom. The van der Waals surface area contributed by atoms with Crippen LogP contribution >= 0.6 is 24.0 Å². The molecule has 0 bridgehead atoms. The van der Waals surface area contributed by atoms with E-state index in [9.17, 15) is 4.79 Å². The SMILES string of the molecule is COC(=O)C[C@@H]1Sc2ccc(OC)cc2NC1=S. The van der Waals surface area contributed by atoms with Crippen LogP contribution in [-0.2, 0) is 9.53 Å². The number of methoxy groups -OCH3 is 2. The molecule has 1 aliphatic rings. The van der Waals surface area contributed by atoms with Crippen molar-refractivity contribution in [3.05, 3.63) is 18.2 Å². The van der Waals surface area contributed by atoms with E-state index in [0.717, 1.165) is 16.3 Å². The van der Waals surface area contributed by atoms with Crippen molar-refractivity contribution in [3.63, 3.8) is 0 Å². The third-order valence-electron chi connectivity index (χ3n) is 2.59. The number of carbonyl (C=O) groups excluding carboxylic acids is 1. The van der Waals surface area contributed by atoms with E-state index in [4.69, 9.17) is 17.0 Å². The molecule has 0 aromatic heterocycles. The number of fused-ring (bicyclic) bond motifs is 1. The molecule has 0 saturated carbocycles. The van der Waals surface area contributed by atoms with Gasteiger partial charge in [0.05, 0.1) is 36.6 Å². The van der Waals surface area contributed by atoms with Crippen LogP contribution in [0.4, 0.5) is 5.69 Å². The number of hydrogen-bond donors (Lipinski definition) is 1. The molecule has 18 heavy (non-hydrogen) atoms. The van der Waals surface area contributed by atoms with Gasteiger partial charge in [-0.1, -0.05) is 12.2 Å². The van der Waals surface area contributed by atoms with E-state index in [1.807, 2.05) is 18.2 Å². The topological polar surface area (TPSA) is 47.6 Å². The van der Waals surface area contributed by atoms with Gasteiger partial charge in [-0.3, -0.25) is 4.79 Å². The van der Waals surface area contributed by atoms with Gasteiger partial charge in [-0.2, -0.15) is 0 Å². The van der Waals surface area contributed by atoms with Gasteiger partial charge in [0, 0.05) is 11.0 Å². The summed E-state index contributed by atoms with van der Waals surface area (Å²) in [5.74, 6) is 0.518. The molecule has 1 aliphatic heterocycles. The van der Waals surface area contributed by atoms with Gasteiger partial charge in [0.15, 0.2) is 0 Å². The largest absolute Gasteiger partial charge is 0.497 e. The molecule has 0 spiro atoms. The summed E-state index contributed by atoms with van der Waals surface area (Å²) < 4.78 is 9.82. The molecule has 0 fully saturated rings. The molecule has 0 aliphatic carbocycles. The number of ether oxygens (including phenoxy) is 2. The highest BCUT2D eigenvalue weighted by Crippen LogP contribution is 2.39. The van der Waals surface area contributed by atoms with Crippen LogP contribution in [-0.4, -0.2) is 30.4 Å². The number of esters is 1. The number of benzene rings is 1. The maximum Gasteiger partial charge on any atom is 0.307 e. The van der Waals surface area contributed by atoms with Gasteiger partial charge in [0.1, 0.15) is 5.75 Å². The standard InChI is InChI=1S/C12H13NO3S2/c1-15-7-3-4-9-8(5-7)13-12(17)10(18-9)6-11(14)16-2/h3-5,10H,6H2,1-2H3,(H,13,17)/t10-/m0/s1. The summed E-state index contributed by atoms with van der Waals surface area (Å²) in [7, 11) is 3.00. The van der Waals surface area contributed by atoms with Gasteiger partial charge in [0.2, 0.25) is 0 Å². The highest BCUT2D eigenvalue weighted by Gasteiger charge is 2.26. The van der Waals surface area contributed by atoms with Gasteiger partial charge in [-0.15, -0.1) is 11.8 Å². The number of anilines is 1. The fourth-order valence-electron chi connectivity index (χ4n) is 1.63. The highest BCUT2D eigenvalue weighted by atomic mass is 32.2. The molecular formula is C12H13NO3S2. The van der Waals surface area contributed by atoms with Crippen molar-refractivity contribution in [2.45, 2.75) is 16.6 Å². The quantitative estimate of drug-likeness (QED) is 0.679. The minimum absolute atomic E-state index is 0.0756. The highest BCUT2D eigenvalue weighted by molar-refractivity contribution is 8.02. The van der Waals surface area contributed by atoms with E-state index in [2.05, 4.69) is 10.1 Å². The molecule has 0 amide bonds. The second-order valence-electron chi connectivity index (χ2n) is 3.74. The molecule has 2 rings (SSSR count). The first-order chi connectivity index (χ1) is 8.63. The minimum Gasteiger partial charge on any atom is -0.497 e. The zero-order valence-electron chi connectivity index (χ0n) is 10.1. The Morgan fingerprint density at radius 1 is 1.50 bits per heavy atom. The minimum atomic E-state index is -0.256. The van der Waals surface area contributed by atoms with E-state index in [0.29, 0.717) is 4.99 Å². The van der Waals surface area contributed by atoms with Gasteiger partial charge < -0.3 is 14.8 Å². The lowest BCUT2D eigenvalue weighted by Crippen LogP contribution is -2.29. The van der Waals surface area contributed by atoms with Crippen molar-refractivity contribution >= 4 is 40.6 Å². The fourth-order valence-corrected chi connectivity index (χ4v) is 3.04. The Hall–Kier alpha value is -1.27. The molecular weight excluding hydrogens is 270 g/mol. The van der Waals surface area contributed by atoms with Crippen LogP contribution in [0.2, 0.25) is 0 Å². The summed E-state index contributed by atoms with van der Waals surface area (Å²) >= 11 is 6.84. The van der Waals surface area contributed by atoms with E-state index in [-0.39, 0.29) is 17.6 Å². The zero-order valence-corrected chi connectivity index (χ0v) is 11.7. The van der Waals surface area contributed by atoms with Gasteiger partial charge in [-0.05, 0) is 12.1 Å². The summed E-state index contributed by atoms with van der Waals surface area (Å²) in [6.45, 7) is 0. The summed E-state index contributed by atoms with van der Waals surface area (Å²) in [6.07, 6.45) is 0.276. The normalized spacial score (nSPS) is 17.7. The van der Waals surface area contributed by atoms with Crippen molar-refractivity contribution in [2.24, 2.45) is 0 Å². The van der Waals surface area contributed by atoms with Crippen molar-refractivity contribution in [1.29, 1.82) is 0 Å². The molecule has 1 N–H and O–H groups in total. The first-order valence-electron chi connectivity index (χ1n) is 5.36. The van der Waals surface area contributed by atoms with Gasteiger partial charge in [0.25, 0.3) is 0 Å². The Kier molecular flexibility index (Phi) is 4.08. The van der Waals surface area contributed by atoms with Crippen LogP contribution in [0.3, 0.4) is 0 Å². The number of thiocarbonyl (C=S) groups is 1. The van der Waals surface area contributed by atoms with E-state index < -0.39 is 0 Å². The van der Waals surface area contributed by atoms with Crippen molar-refractivity contribution in [3.8, 4) is 5.75 Å². The summed E-state index contributed by atoms with van der Waals surface area (Å²) in [4.78, 5) is 13.0. The molecule has 0 saturated heterocycles. The molecule has 0 radical (unpaired) electrons. The molecule has 1 aromatic rings. The maximum absolute atomic E-state index is 11.3. The van der Waals surface area contributed by atoms with Gasteiger partial charge >= 0.3 is 5.97 Å². The fraction of sp³-hybridized carbons (Fsp3) is 0.333. The zero-order chi connectivity index (χ0) is 13.1. The predicted molar refractivity (Wildman–Crippen MR) is 75.5 cm³/mol. The number of thioether (sulfide) groups is 1. The average molecular weight is 283 g/mol. The lowest BCUT2D eigenvalue weighted by molar-refractivity contribution is -0.140. The summed E-state index contributed by atoms with van der Waals surface area (Å²) in [5, 5.41) is 3.06. The van der Waals surface area contributed by atoms with Crippen molar-refractivity contribution < 1.29 is 14.3 Å². The van der Waals surface area contributed by atoms with E-state index in [1.165, 1.54) is 7.11 Å². The summed E-state index contributed by atoms with van der Waals surface area (Å²) in [6, 6.07) is 5.73. The smallest absolute Gasteiger partial charge is 0.307 e. The molecule has 4 nitrogen and oxygen atoms in total. The van der Waals surface area contributed by atoms with Crippen molar-refractivity contribution in [1.82, 2.24) is 0 Å². The number of rotatable bonds is 3. The first kappa shape index (κ1) is 13.2. The third-order valence-corrected chi connectivity index (χ3v) is 4.42. The van der Waals surface area contributed by atoms with Gasteiger partial charge in [-0.25, -0.2) is 0 Å². The lowest BCUT2D eigenvalue weighted by Gasteiger charge is -2.26. The van der Waals surface area contributed by atoms with Crippen LogP contribution in [0.25, 0.3) is 0 Å². The van der Waals surface area contributed by atoms with Crippen LogP contribution < -0.4 is 10.1 Å². The number of carbonyl (C=O) groups is 1. The molecule has 1 atom stereocenters. The third kappa shape index (κ3) is 2.76. The Labute approximate surface area is 115 Å².